The molecule has 0 saturated heterocycles. The average molecular weight is 300 g/mol. The average Bonchev–Trinajstić information content (AvgIpc) is 2.56. The van der Waals surface area contributed by atoms with Crippen molar-refractivity contribution in [1.82, 2.24) is 9.97 Å². The van der Waals surface area contributed by atoms with Gasteiger partial charge in [-0.15, -0.1) is 0 Å². The van der Waals surface area contributed by atoms with Gasteiger partial charge in [-0.1, -0.05) is 6.58 Å². The van der Waals surface area contributed by atoms with Gasteiger partial charge in [-0.25, -0.2) is 14.8 Å². The van der Waals surface area contributed by atoms with Crippen LogP contribution in [0.4, 0.5) is 0 Å². The number of benzene rings is 1. The highest BCUT2D eigenvalue weighted by molar-refractivity contribution is 5.89. The third-order valence-electron chi connectivity index (χ3n) is 2.79. The van der Waals surface area contributed by atoms with Crippen LogP contribution in [-0.4, -0.2) is 36.8 Å². The first-order valence-electron chi connectivity index (χ1n) is 6.49. The highest BCUT2D eigenvalue weighted by atomic mass is 16.5. The van der Waals surface area contributed by atoms with Crippen LogP contribution in [0.2, 0.25) is 0 Å². The van der Waals surface area contributed by atoms with E-state index in [2.05, 4.69) is 16.5 Å². The zero-order valence-corrected chi connectivity index (χ0v) is 12.4. The Balaban J connectivity index is 2.06. The molecule has 6 nitrogen and oxygen atoms in total. The summed E-state index contributed by atoms with van der Waals surface area (Å²) >= 11 is 0. The topological polar surface area (TPSA) is 70.5 Å². The molecule has 0 aliphatic carbocycles. The molecule has 2 aromatic rings. The van der Waals surface area contributed by atoms with Gasteiger partial charge in [-0.05, 0) is 24.3 Å². The summed E-state index contributed by atoms with van der Waals surface area (Å²) in [5.41, 5.74) is 1.06. The van der Waals surface area contributed by atoms with Gasteiger partial charge in [0.15, 0.2) is 11.6 Å². The first-order chi connectivity index (χ1) is 10.6. The van der Waals surface area contributed by atoms with E-state index in [4.69, 9.17) is 14.2 Å². The zero-order valence-electron chi connectivity index (χ0n) is 12.4. The number of ether oxygens (including phenoxy) is 3. The van der Waals surface area contributed by atoms with Gasteiger partial charge in [0.1, 0.15) is 5.75 Å². The lowest BCUT2D eigenvalue weighted by molar-refractivity contribution is -0.130. The van der Waals surface area contributed by atoms with Crippen molar-refractivity contribution >= 4 is 5.97 Å². The van der Waals surface area contributed by atoms with E-state index in [-0.39, 0.29) is 17.9 Å². The quantitative estimate of drug-likeness (QED) is 0.602. The van der Waals surface area contributed by atoms with Crippen molar-refractivity contribution in [1.29, 1.82) is 0 Å². The second-order valence-corrected chi connectivity index (χ2v) is 4.40. The molecule has 1 heterocycles. The molecule has 22 heavy (non-hydrogen) atoms. The highest BCUT2D eigenvalue weighted by Crippen LogP contribution is 2.20. The molecule has 1 aromatic carbocycles. The van der Waals surface area contributed by atoms with Crippen LogP contribution in [-0.2, 0) is 9.53 Å². The first-order valence-corrected chi connectivity index (χ1v) is 6.49. The lowest BCUT2D eigenvalue weighted by Crippen LogP contribution is -2.14. The number of esters is 1. The van der Waals surface area contributed by atoms with E-state index in [1.54, 1.807) is 7.11 Å². The number of nitrogens with zero attached hydrogens (tertiary/aromatic N) is 2. The summed E-state index contributed by atoms with van der Waals surface area (Å²) in [6, 6.07) is 7.34. The van der Waals surface area contributed by atoms with Crippen LogP contribution < -0.4 is 9.47 Å². The number of methoxy groups -OCH3 is 2. The number of hydrogen-bond acceptors (Lipinski definition) is 6. The highest BCUT2D eigenvalue weighted by Gasteiger charge is 2.10. The fourth-order valence-electron chi connectivity index (χ4n) is 1.67. The molecule has 0 aliphatic rings. The van der Waals surface area contributed by atoms with Gasteiger partial charge in [0.05, 0.1) is 31.7 Å². The van der Waals surface area contributed by atoms with Crippen molar-refractivity contribution in [3.8, 4) is 22.9 Å². The Morgan fingerprint density at radius 2 is 1.73 bits per heavy atom. The predicted molar refractivity (Wildman–Crippen MR) is 80.7 cm³/mol. The molecule has 0 saturated carbocycles. The summed E-state index contributed by atoms with van der Waals surface area (Å²) in [5.74, 6) is 0.964. The minimum atomic E-state index is -0.567. The Morgan fingerprint density at radius 3 is 2.27 bits per heavy atom. The second kappa shape index (κ2) is 7.33. The van der Waals surface area contributed by atoms with Gasteiger partial charge in [0, 0.05) is 12.7 Å². The third-order valence-corrected chi connectivity index (χ3v) is 2.79. The van der Waals surface area contributed by atoms with Gasteiger partial charge < -0.3 is 14.2 Å². The normalized spacial score (nSPS) is 10.1. The molecule has 6 heteroatoms. The fourth-order valence-corrected chi connectivity index (χ4v) is 1.67. The molecular formula is C16H16N2O4. The van der Waals surface area contributed by atoms with E-state index in [1.165, 1.54) is 19.5 Å². The molecule has 0 radical (unpaired) electrons. The van der Waals surface area contributed by atoms with Crippen LogP contribution in [0, 0.1) is 0 Å². The Morgan fingerprint density at radius 1 is 1.09 bits per heavy atom. The molecule has 0 aliphatic heterocycles. The Kier molecular flexibility index (Phi) is 5.21. The van der Waals surface area contributed by atoms with Crippen LogP contribution in [0.15, 0.2) is 48.8 Å². The smallest absolute Gasteiger partial charge is 0.341 e. The molecule has 2 rings (SSSR count). The Bertz CT molecular complexity index is 651. The van der Waals surface area contributed by atoms with Crippen molar-refractivity contribution in [2.24, 2.45) is 0 Å². The monoisotopic (exact) mass is 300 g/mol. The number of rotatable bonds is 6. The van der Waals surface area contributed by atoms with Gasteiger partial charge in [-0.2, -0.15) is 0 Å². The molecule has 0 bridgehead atoms. The number of carbonyl (C=O) groups excluding carboxylic acids is 1. The maximum absolute atomic E-state index is 11.7. The summed E-state index contributed by atoms with van der Waals surface area (Å²) in [6.07, 6.45) is 2.87. The summed E-state index contributed by atoms with van der Waals surface area (Å²) in [6.45, 7) is 3.68. The van der Waals surface area contributed by atoms with E-state index in [1.807, 2.05) is 24.3 Å². The lowest BCUT2D eigenvalue weighted by Gasteiger charge is -2.06. The third kappa shape index (κ3) is 3.89. The molecule has 0 atom stereocenters. The summed E-state index contributed by atoms with van der Waals surface area (Å²) in [5, 5.41) is 0. The van der Waals surface area contributed by atoms with Crippen molar-refractivity contribution < 1.29 is 19.0 Å². The minimum absolute atomic E-state index is 0.115. The van der Waals surface area contributed by atoms with Gasteiger partial charge in [0.2, 0.25) is 0 Å². The van der Waals surface area contributed by atoms with Crippen LogP contribution in [0.3, 0.4) is 0 Å². The largest absolute Gasteiger partial charge is 0.497 e. The molecule has 0 N–H and O–H groups in total. The van der Waals surface area contributed by atoms with Gasteiger partial charge in [0.25, 0.3) is 0 Å². The second-order valence-electron chi connectivity index (χ2n) is 4.40. The van der Waals surface area contributed by atoms with E-state index >= 15 is 0 Å². The molecule has 0 fully saturated rings. The molecular weight excluding hydrogens is 284 g/mol. The summed E-state index contributed by atoms with van der Waals surface area (Å²) < 4.78 is 15.0. The molecule has 1 aromatic heterocycles. The Labute approximate surface area is 128 Å². The lowest BCUT2D eigenvalue weighted by atomic mass is 10.2. The minimum Gasteiger partial charge on any atom is -0.497 e. The van der Waals surface area contributed by atoms with E-state index in [0.29, 0.717) is 5.82 Å². The van der Waals surface area contributed by atoms with E-state index in [9.17, 15) is 4.79 Å². The molecule has 114 valence electrons. The SMILES string of the molecule is C=C(COC)C(=O)Oc1cnc(-c2ccc(OC)cc2)nc1. The Hall–Kier alpha value is -2.73. The number of hydrogen-bond donors (Lipinski definition) is 0. The predicted octanol–water partition coefficient (Wildman–Crippen LogP) is 2.26. The maximum atomic E-state index is 11.7. The number of aromatic nitrogens is 2. The van der Waals surface area contributed by atoms with Crippen molar-refractivity contribution in [2.45, 2.75) is 0 Å². The van der Waals surface area contributed by atoms with E-state index < -0.39 is 5.97 Å². The summed E-state index contributed by atoms with van der Waals surface area (Å²) in [7, 11) is 3.08. The van der Waals surface area contributed by atoms with Crippen molar-refractivity contribution in [3.63, 3.8) is 0 Å². The van der Waals surface area contributed by atoms with Crippen molar-refractivity contribution in [3.05, 3.63) is 48.8 Å². The first kappa shape index (κ1) is 15.7. The van der Waals surface area contributed by atoms with Crippen LogP contribution in [0.5, 0.6) is 11.5 Å². The van der Waals surface area contributed by atoms with Crippen LogP contribution >= 0.6 is 0 Å². The molecule has 0 spiro atoms. The summed E-state index contributed by atoms with van der Waals surface area (Å²) in [4.78, 5) is 20.0. The maximum Gasteiger partial charge on any atom is 0.341 e. The standard InChI is InChI=1S/C16H16N2O4/c1-11(10-20-2)16(19)22-14-8-17-15(18-9-14)12-4-6-13(21-3)7-5-12/h4-9H,1,10H2,2-3H3. The van der Waals surface area contributed by atoms with Crippen LogP contribution in [0.1, 0.15) is 0 Å². The fraction of sp³-hybridized carbons (Fsp3) is 0.188. The van der Waals surface area contributed by atoms with E-state index in [0.717, 1.165) is 11.3 Å². The van der Waals surface area contributed by atoms with Crippen molar-refractivity contribution in [2.75, 3.05) is 20.8 Å². The van der Waals surface area contributed by atoms with Gasteiger partial charge in [-0.3, -0.25) is 0 Å². The van der Waals surface area contributed by atoms with Crippen LogP contribution in [0.25, 0.3) is 11.4 Å². The van der Waals surface area contributed by atoms with Gasteiger partial charge >= 0.3 is 5.97 Å². The molecule has 0 unspecified atom stereocenters. The molecule has 0 amide bonds. The number of carbonyl (C=O) groups is 1. The zero-order chi connectivity index (χ0) is 15.9.